The van der Waals surface area contributed by atoms with Crippen LogP contribution in [0.25, 0.3) is 0 Å². The Hall–Kier alpha value is -0.830. The standard InChI is InChI=1S/C16H25N3/c1-17-3-2-14-10-18-15(19-14)16-7-11-4-12(8-16)6-13(5-11)9-16/h10-13,17H,2-9H2,1H3,(H,18,19). The molecule has 3 heteroatoms. The zero-order valence-electron chi connectivity index (χ0n) is 11.9. The maximum atomic E-state index is 4.78. The Balaban J connectivity index is 1.59. The molecule has 1 heterocycles. The van der Waals surface area contributed by atoms with Gasteiger partial charge in [0.1, 0.15) is 5.82 Å². The third-order valence-electron chi connectivity index (χ3n) is 5.81. The van der Waals surface area contributed by atoms with Gasteiger partial charge in [0.25, 0.3) is 0 Å². The Labute approximate surface area is 115 Å². The van der Waals surface area contributed by atoms with Gasteiger partial charge < -0.3 is 10.3 Å². The number of nitrogens with one attached hydrogen (secondary N) is 2. The molecular formula is C16H25N3. The fourth-order valence-electron chi connectivity index (χ4n) is 5.42. The number of hydrogen-bond acceptors (Lipinski definition) is 2. The summed E-state index contributed by atoms with van der Waals surface area (Å²) in [4.78, 5) is 8.43. The number of aromatic amines is 1. The van der Waals surface area contributed by atoms with E-state index in [0.29, 0.717) is 5.41 Å². The van der Waals surface area contributed by atoms with Crippen LogP contribution in [0.15, 0.2) is 6.20 Å². The first kappa shape index (κ1) is 12.0. The van der Waals surface area contributed by atoms with Crippen molar-refractivity contribution in [2.75, 3.05) is 13.6 Å². The maximum absolute atomic E-state index is 4.78. The number of likely N-dealkylation sites (N-methyl/N-ethyl adjacent to an activating group) is 1. The van der Waals surface area contributed by atoms with Gasteiger partial charge in [0, 0.05) is 30.3 Å². The molecule has 0 spiro atoms. The van der Waals surface area contributed by atoms with Crippen LogP contribution in [0, 0.1) is 17.8 Å². The molecule has 4 bridgehead atoms. The highest BCUT2D eigenvalue weighted by atomic mass is 14.9. The molecule has 1 aromatic rings. The molecule has 104 valence electrons. The lowest BCUT2D eigenvalue weighted by Gasteiger charge is -2.56. The molecule has 4 aliphatic rings. The van der Waals surface area contributed by atoms with Gasteiger partial charge in [-0.15, -0.1) is 0 Å². The minimum Gasteiger partial charge on any atom is -0.345 e. The Morgan fingerprint density at radius 2 is 1.84 bits per heavy atom. The summed E-state index contributed by atoms with van der Waals surface area (Å²) >= 11 is 0. The minimum absolute atomic E-state index is 0.423. The van der Waals surface area contributed by atoms with E-state index in [1.54, 1.807) is 0 Å². The first-order valence-electron chi connectivity index (χ1n) is 7.96. The van der Waals surface area contributed by atoms with Crippen LogP contribution in [0.3, 0.4) is 0 Å². The summed E-state index contributed by atoms with van der Waals surface area (Å²) in [5, 5.41) is 3.21. The molecule has 1 aromatic heterocycles. The van der Waals surface area contributed by atoms with Crippen LogP contribution < -0.4 is 5.32 Å². The lowest BCUT2D eigenvalue weighted by Crippen LogP contribution is -2.49. The van der Waals surface area contributed by atoms with E-state index in [9.17, 15) is 0 Å². The van der Waals surface area contributed by atoms with Crippen molar-refractivity contribution in [3.8, 4) is 0 Å². The topological polar surface area (TPSA) is 40.7 Å². The van der Waals surface area contributed by atoms with Crippen LogP contribution in [0.2, 0.25) is 0 Å². The molecule has 4 saturated carbocycles. The second kappa shape index (κ2) is 4.34. The quantitative estimate of drug-likeness (QED) is 0.872. The molecule has 0 amide bonds. The SMILES string of the molecule is CNCCc1cnc(C23CC4CC(CC(C4)C2)C3)[nH]1. The highest BCUT2D eigenvalue weighted by Gasteiger charge is 2.52. The van der Waals surface area contributed by atoms with Gasteiger partial charge in [-0.05, 0) is 63.3 Å². The third-order valence-corrected chi connectivity index (χ3v) is 5.81. The summed E-state index contributed by atoms with van der Waals surface area (Å²) in [6.45, 7) is 1.03. The van der Waals surface area contributed by atoms with Crippen LogP contribution >= 0.6 is 0 Å². The van der Waals surface area contributed by atoms with E-state index < -0.39 is 0 Å². The second-order valence-corrected chi connectivity index (χ2v) is 7.31. The zero-order valence-corrected chi connectivity index (χ0v) is 11.9. The highest BCUT2D eigenvalue weighted by molar-refractivity contribution is 5.19. The van der Waals surface area contributed by atoms with Gasteiger partial charge in [-0.2, -0.15) is 0 Å². The number of rotatable bonds is 4. The molecule has 0 aliphatic heterocycles. The summed E-state index contributed by atoms with van der Waals surface area (Å²) < 4.78 is 0. The average molecular weight is 259 g/mol. The van der Waals surface area contributed by atoms with Gasteiger partial charge in [0.15, 0.2) is 0 Å². The Morgan fingerprint density at radius 3 is 2.42 bits per heavy atom. The molecule has 4 fully saturated rings. The van der Waals surface area contributed by atoms with Crippen molar-refractivity contribution in [3.63, 3.8) is 0 Å². The van der Waals surface area contributed by atoms with Crippen molar-refractivity contribution in [2.24, 2.45) is 17.8 Å². The molecule has 2 N–H and O–H groups in total. The Morgan fingerprint density at radius 1 is 1.21 bits per heavy atom. The van der Waals surface area contributed by atoms with E-state index in [1.807, 2.05) is 7.05 Å². The number of imidazole rings is 1. The molecule has 0 saturated heterocycles. The van der Waals surface area contributed by atoms with E-state index in [4.69, 9.17) is 4.98 Å². The van der Waals surface area contributed by atoms with Gasteiger partial charge in [-0.25, -0.2) is 4.98 Å². The summed E-state index contributed by atoms with van der Waals surface area (Å²) in [6.07, 6.45) is 11.9. The largest absolute Gasteiger partial charge is 0.345 e. The molecule has 0 atom stereocenters. The number of nitrogens with zero attached hydrogens (tertiary/aromatic N) is 1. The van der Waals surface area contributed by atoms with Crippen molar-refractivity contribution in [1.82, 2.24) is 15.3 Å². The Kier molecular flexibility index (Phi) is 2.73. The summed E-state index contributed by atoms with van der Waals surface area (Å²) in [7, 11) is 2.01. The van der Waals surface area contributed by atoms with E-state index >= 15 is 0 Å². The molecule has 5 rings (SSSR count). The molecule has 3 nitrogen and oxygen atoms in total. The second-order valence-electron chi connectivity index (χ2n) is 7.31. The van der Waals surface area contributed by atoms with Crippen LogP contribution in [0.4, 0.5) is 0 Å². The van der Waals surface area contributed by atoms with Gasteiger partial charge >= 0.3 is 0 Å². The van der Waals surface area contributed by atoms with Gasteiger partial charge in [-0.3, -0.25) is 0 Å². The third kappa shape index (κ3) is 1.94. The first-order valence-corrected chi connectivity index (χ1v) is 7.96. The van der Waals surface area contributed by atoms with Gasteiger partial charge in [0.05, 0.1) is 0 Å². The number of H-pyrrole nitrogens is 1. The number of aromatic nitrogens is 2. The van der Waals surface area contributed by atoms with Crippen molar-refractivity contribution in [2.45, 2.75) is 50.4 Å². The molecule has 0 aromatic carbocycles. The van der Waals surface area contributed by atoms with Crippen LogP contribution in [-0.2, 0) is 11.8 Å². The smallest absolute Gasteiger partial charge is 0.112 e. The van der Waals surface area contributed by atoms with E-state index in [2.05, 4.69) is 16.5 Å². The predicted molar refractivity (Wildman–Crippen MR) is 76.1 cm³/mol. The minimum atomic E-state index is 0.423. The lowest BCUT2D eigenvalue weighted by molar-refractivity contribution is -0.00905. The first-order chi connectivity index (χ1) is 9.27. The summed E-state index contributed by atoms with van der Waals surface area (Å²) in [6, 6.07) is 0. The van der Waals surface area contributed by atoms with Gasteiger partial charge in [-0.1, -0.05) is 0 Å². The Bertz CT molecular complexity index is 427. The van der Waals surface area contributed by atoms with E-state index in [0.717, 1.165) is 30.7 Å². The molecule has 0 radical (unpaired) electrons. The van der Waals surface area contributed by atoms with Crippen molar-refractivity contribution >= 4 is 0 Å². The van der Waals surface area contributed by atoms with E-state index in [1.165, 1.54) is 50.0 Å². The normalized spacial score (nSPS) is 39.9. The lowest BCUT2D eigenvalue weighted by atomic mass is 9.49. The molecule has 19 heavy (non-hydrogen) atoms. The predicted octanol–water partition coefficient (Wildman–Crippen LogP) is 2.64. The van der Waals surface area contributed by atoms with Crippen LogP contribution in [0.5, 0.6) is 0 Å². The summed E-state index contributed by atoms with van der Waals surface area (Å²) in [5.41, 5.74) is 1.73. The van der Waals surface area contributed by atoms with Crippen molar-refractivity contribution in [1.29, 1.82) is 0 Å². The fraction of sp³-hybridized carbons (Fsp3) is 0.812. The van der Waals surface area contributed by atoms with Crippen LogP contribution in [0.1, 0.15) is 50.0 Å². The monoisotopic (exact) mass is 259 g/mol. The molecular weight excluding hydrogens is 234 g/mol. The van der Waals surface area contributed by atoms with Crippen LogP contribution in [-0.4, -0.2) is 23.6 Å². The highest BCUT2D eigenvalue weighted by Crippen LogP contribution is 2.60. The molecule has 0 unspecified atom stereocenters. The maximum Gasteiger partial charge on any atom is 0.112 e. The molecule has 4 aliphatic carbocycles. The van der Waals surface area contributed by atoms with Gasteiger partial charge in [0.2, 0.25) is 0 Å². The number of hydrogen-bond donors (Lipinski definition) is 2. The summed E-state index contributed by atoms with van der Waals surface area (Å²) in [5.74, 6) is 4.31. The average Bonchev–Trinajstić information content (AvgIpc) is 2.84. The fourth-order valence-corrected chi connectivity index (χ4v) is 5.42. The van der Waals surface area contributed by atoms with Crippen molar-refractivity contribution < 1.29 is 0 Å². The zero-order chi connectivity index (χ0) is 12.9. The van der Waals surface area contributed by atoms with Crippen molar-refractivity contribution in [3.05, 3.63) is 17.7 Å². The van der Waals surface area contributed by atoms with E-state index in [-0.39, 0.29) is 0 Å².